The van der Waals surface area contributed by atoms with Gasteiger partial charge in [0.15, 0.2) is 0 Å². The number of alkyl halides is 6. The standard InChI is InChI=1S/C36H39F6N3O7S/c1-3-8-27-34(52-23-19-28(53-21-23)36(40,41)42,14-7-17-45(27)31(48)30-25(35(37,38)39)10-6-16-43-30)32(49)44-18-15-33(50,20-22(44)12-13-29(46)47)24-9-4-5-11-26(24)51-2/h4-6,9-11,16,19,21-22,27,50H,3,7-8,12-15,17-18,20H2,1-2H3,(H,46,47)/t22?,27-,33?,34+/m1/s1. The Balaban J connectivity index is 1.62. The topological polar surface area (TPSA) is 130 Å². The number of likely N-dealkylation sites (tertiary alicyclic amines) is 2. The van der Waals surface area contributed by atoms with Crippen LogP contribution in [0, 0.1) is 0 Å². The van der Waals surface area contributed by atoms with Crippen LogP contribution in [0.4, 0.5) is 26.3 Å². The predicted molar refractivity (Wildman–Crippen MR) is 179 cm³/mol. The first-order chi connectivity index (χ1) is 24.9. The molecule has 2 aromatic heterocycles. The van der Waals surface area contributed by atoms with Crippen molar-refractivity contribution in [3.8, 4) is 11.5 Å². The summed E-state index contributed by atoms with van der Waals surface area (Å²) in [5.41, 5.74) is -5.49. The first-order valence-electron chi connectivity index (χ1n) is 17.0. The van der Waals surface area contributed by atoms with Crippen LogP contribution >= 0.6 is 11.3 Å². The molecule has 0 saturated carbocycles. The molecule has 1 aromatic carbocycles. The van der Waals surface area contributed by atoms with Gasteiger partial charge in [-0.3, -0.25) is 19.4 Å². The number of thiophene rings is 1. The van der Waals surface area contributed by atoms with Crippen LogP contribution in [0.3, 0.4) is 0 Å². The number of nitrogens with zero attached hydrogens (tertiary/aromatic N) is 3. The van der Waals surface area contributed by atoms with E-state index in [0.717, 1.165) is 28.6 Å². The zero-order valence-electron chi connectivity index (χ0n) is 28.9. The Hall–Kier alpha value is -4.38. The SMILES string of the molecule is CCC[C@H]1N(C(=O)c2ncccc2C(F)(F)F)CCC[C@@]1(Oc1csc(C(F)(F)F)c1)C(=O)N1CCC(O)(c2ccccc2OC)CC1CCC(=O)O. The first kappa shape index (κ1) is 39.8. The molecule has 2 unspecified atom stereocenters. The number of halogens is 6. The van der Waals surface area contributed by atoms with Gasteiger partial charge in [0.2, 0.25) is 5.60 Å². The molecule has 4 atom stereocenters. The third kappa shape index (κ3) is 8.25. The molecule has 288 valence electrons. The smallest absolute Gasteiger partial charge is 0.425 e. The van der Waals surface area contributed by atoms with Gasteiger partial charge in [0.25, 0.3) is 11.8 Å². The number of carboxylic acids is 1. The predicted octanol–water partition coefficient (Wildman–Crippen LogP) is 7.16. The van der Waals surface area contributed by atoms with E-state index in [1.807, 2.05) is 0 Å². The number of carboxylic acid groups (broad SMARTS) is 1. The molecule has 2 amide bonds. The van der Waals surface area contributed by atoms with Gasteiger partial charge in [0.1, 0.15) is 22.1 Å². The van der Waals surface area contributed by atoms with Gasteiger partial charge in [0.05, 0.1) is 24.3 Å². The number of aliphatic carboxylic acids is 1. The summed E-state index contributed by atoms with van der Waals surface area (Å²) in [5, 5.41) is 22.7. The summed E-state index contributed by atoms with van der Waals surface area (Å²) in [7, 11) is 1.42. The highest BCUT2D eigenvalue weighted by atomic mass is 32.1. The molecule has 10 nitrogen and oxygen atoms in total. The van der Waals surface area contributed by atoms with Crippen LogP contribution in [0.25, 0.3) is 0 Å². The number of hydrogen-bond acceptors (Lipinski definition) is 8. The lowest BCUT2D eigenvalue weighted by Gasteiger charge is -2.52. The summed E-state index contributed by atoms with van der Waals surface area (Å²) in [6, 6.07) is 6.92. The molecule has 2 aliphatic rings. The van der Waals surface area contributed by atoms with Crippen LogP contribution in [-0.4, -0.2) is 80.7 Å². The summed E-state index contributed by atoms with van der Waals surface area (Å²) < 4.78 is 95.2. The first-order valence-corrected chi connectivity index (χ1v) is 17.9. The second kappa shape index (κ2) is 15.5. The minimum absolute atomic E-state index is 0.000708. The molecular formula is C36H39F6N3O7S. The Morgan fingerprint density at radius 2 is 1.74 bits per heavy atom. The fourth-order valence-electron chi connectivity index (χ4n) is 7.50. The maximum Gasteiger partial charge on any atom is 0.425 e. The molecule has 2 saturated heterocycles. The molecule has 0 radical (unpaired) electrons. The molecule has 0 spiro atoms. The Kier molecular flexibility index (Phi) is 11.7. The highest BCUT2D eigenvalue weighted by Crippen LogP contribution is 2.46. The van der Waals surface area contributed by atoms with Crippen molar-refractivity contribution in [3.63, 3.8) is 0 Å². The third-order valence-electron chi connectivity index (χ3n) is 9.86. The van der Waals surface area contributed by atoms with Gasteiger partial charge in [-0.05, 0) is 43.9 Å². The van der Waals surface area contributed by atoms with E-state index in [-0.39, 0.29) is 63.8 Å². The normalized spacial score (nSPS) is 23.8. The highest BCUT2D eigenvalue weighted by Gasteiger charge is 2.58. The van der Waals surface area contributed by atoms with Crippen LogP contribution in [0.1, 0.15) is 84.8 Å². The number of para-hydroxylation sites is 1. The minimum atomic E-state index is -4.95. The molecule has 2 N–H and O–H groups in total. The van der Waals surface area contributed by atoms with Crippen molar-refractivity contribution in [3.05, 3.63) is 75.7 Å². The largest absolute Gasteiger partial charge is 0.496 e. The highest BCUT2D eigenvalue weighted by molar-refractivity contribution is 7.10. The van der Waals surface area contributed by atoms with E-state index < -0.39 is 76.0 Å². The maximum atomic E-state index is 15.2. The molecule has 53 heavy (non-hydrogen) atoms. The van der Waals surface area contributed by atoms with Gasteiger partial charge in [0, 0.05) is 61.6 Å². The molecule has 3 aromatic rings. The number of piperidine rings is 2. The zero-order valence-corrected chi connectivity index (χ0v) is 29.7. The average Bonchev–Trinajstić information content (AvgIpc) is 3.60. The number of aliphatic hydroxyl groups is 1. The summed E-state index contributed by atoms with van der Waals surface area (Å²) in [6.07, 6.45) is -9.24. The molecule has 5 rings (SSSR count). The van der Waals surface area contributed by atoms with E-state index in [4.69, 9.17) is 9.47 Å². The Morgan fingerprint density at radius 3 is 2.38 bits per heavy atom. The van der Waals surface area contributed by atoms with E-state index in [1.165, 1.54) is 12.0 Å². The molecule has 2 aliphatic heterocycles. The van der Waals surface area contributed by atoms with Gasteiger partial charge in [-0.15, -0.1) is 11.3 Å². The summed E-state index contributed by atoms with van der Waals surface area (Å²) in [4.78, 5) is 46.3. The van der Waals surface area contributed by atoms with E-state index in [1.54, 1.807) is 31.2 Å². The van der Waals surface area contributed by atoms with Crippen molar-refractivity contribution in [1.29, 1.82) is 0 Å². The fourth-order valence-corrected chi connectivity index (χ4v) is 8.17. The van der Waals surface area contributed by atoms with Crippen molar-refractivity contribution in [2.75, 3.05) is 20.2 Å². The van der Waals surface area contributed by atoms with Crippen LogP contribution in [0.15, 0.2) is 54.0 Å². The molecular weight excluding hydrogens is 732 g/mol. The summed E-state index contributed by atoms with van der Waals surface area (Å²) in [6.45, 7) is 1.44. The summed E-state index contributed by atoms with van der Waals surface area (Å²) >= 11 is 0.326. The van der Waals surface area contributed by atoms with E-state index >= 15 is 4.79 Å². The number of amides is 2. The zero-order chi connectivity index (χ0) is 38.8. The quantitative estimate of drug-likeness (QED) is 0.197. The van der Waals surface area contributed by atoms with Crippen LogP contribution in [0.2, 0.25) is 0 Å². The monoisotopic (exact) mass is 771 g/mol. The molecule has 0 aliphatic carbocycles. The summed E-state index contributed by atoms with van der Waals surface area (Å²) in [5.74, 6) is -3.07. The average molecular weight is 772 g/mol. The number of pyridine rings is 1. The Bertz CT molecular complexity index is 1800. The molecule has 0 bridgehead atoms. The number of carbonyl (C=O) groups is 3. The number of aromatic nitrogens is 1. The molecule has 17 heteroatoms. The van der Waals surface area contributed by atoms with Gasteiger partial charge in [-0.25, -0.2) is 0 Å². The van der Waals surface area contributed by atoms with Crippen molar-refractivity contribution in [2.45, 2.75) is 93.9 Å². The van der Waals surface area contributed by atoms with Crippen LogP contribution < -0.4 is 9.47 Å². The second-order valence-electron chi connectivity index (χ2n) is 13.2. The van der Waals surface area contributed by atoms with Crippen LogP contribution in [-0.2, 0) is 27.5 Å². The lowest BCUT2D eigenvalue weighted by Crippen LogP contribution is -2.70. The van der Waals surface area contributed by atoms with Gasteiger partial charge < -0.3 is 29.5 Å². The fraction of sp³-hybridized carbons (Fsp3) is 0.500. The van der Waals surface area contributed by atoms with Crippen LogP contribution in [0.5, 0.6) is 11.5 Å². The lowest BCUT2D eigenvalue weighted by molar-refractivity contribution is -0.168. The number of carbonyl (C=O) groups excluding carboxylic acids is 2. The Labute approximate surface area is 305 Å². The van der Waals surface area contributed by atoms with Gasteiger partial charge >= 0.3 is 18.3 Å². The number of methoxy groups -OCH3 is 1. The second-order valence-corrected chi connectivity index (χ2v) is 14.1. The lowest BCUT2D eigenvalue weighted by atomic mass is 9.76. The number of rotatable bonds is 11. The van der Waals surface area contributed by atoms with E-state index in [0.29, 0.717) is 28.7 Å². The molecule has 4 heterocycles. The van der Waals surface area contributed by atoms with Crippen molar-refractivity contribution < 1.29 is 60.4 Å². The third-order valence-corrected chi connectivity index (χ3v) is 10.8. The molecule has 2 fully saturated rings. The van der Waals surface area contributed by atoms with Gasteiger partial charge in [-0.2, -0.15) is 26.3 Å². The minimum Gasteiger partial charge on any atom is -0.496 e. The van der Waals surface area contributed by atoms with E-state index in [9.17, 15) is 46.1 Å². The number of hydrogen-bond donors (Lipinski definition) is 2. The van der Waals surface area contributed by atoms with Crippen molar-refractivity contribution in [2.24, 2.45) is 0 Å². The Morgan fingerprint density at radius 1 is 1.00 bits per heavy atom. The van der Waals surface area contributed by atoms with Crippen molar-refractivity contribution >= 4 is 29.1 Å². The number of benzene rings is 1. The van der Waals surface area contributed by atoms with E-state index in [2.05, 4.69) is 4.98 Å². The van der Waals surface area contributed by atoms with Crippen molar-refractivity contribution in [1.82, 2.24) is 14.8 Å². The maximum absolute atomic E-state index is 15.2. The van der Waals surface area contributed by atoms with Gasteiger partial charge in [-0.1, -0.05) is 31.5 Å². The number of ether oxygens (including phenoxy) is 2.